The highest BCUT2D eigenvalue weighted by molar-refractivity contribution is 7.86. The van der Waals surface area contributed by atoms with E-state index in [1.165, 1.54) is 0 Å². The van der Waals surface area contributed by atoms with Crippen LogP contribution >= 0.6 is 0 Å². The molecule has 0 N–H and O–H groups in total. The normalized spacial score (nSPS) is 28.7. The molecular weight excluding hydrogens is 241 g/mol. The van der Waals surface area contributed by atoms with Gasteiger partial charge in [0.25, 0.3) is 0 Å². The molecule has 0 aliphatic carbocycles. The SMILES string of the molecule is O=C1OCCC(S(=O)(=O)[O-])C1C(F)(F)F. The summed E-state index contributed by atoms with van der Waals surface area (Å²) in [6, 6.07) is 0. The highest BCUT2D eigenvalue weighted by Crippen LogP contribution is 2.36. The van der Waals surface area contributed by atoms with Crippen molar-refractivity contribution < 1.29 is 35.7 Å². The summed E-state index contributed by atoms with van der Waals surface area (Å²) in [6.07, 6.45) is -5.71. The molecule has 1 aliphatic heterocycles. The maximum absolute atomic E-state index is 12.3. The molecule has 0 aromatic rings. The van der Waals surface area contributed by atoms with Gasteiger partial charge in [-0.3, -0.25) is 4.79 Å². The van der Waals surface area contributed by atoms with Crippen molar-refractivity contribution in [2.45, 2.75) is 17.8 Å². The Morgan fingerprint density at radius 2 is 1.93 bits per heavy atom. The molecule has 2 atom stereocenters. The molecular formula is C6H6F3O5S-. The molecule has 9 heteroatoms. The van der Waals surface area contributed by atoms with Gasteiger partial charge in [0, 0.05) is 0 Å². The number of cyclic esters (lactones) is 1. The Bertz CT molecular complexity index is 359. The summed E-state index contributed by atoms with van der Waals surface area (Å²) >= 11 is 0. The summed E-state index contributed by atoms with van der Waals surface area (Å²) in [6.45, 7) is -0.489. The molecule has 2 unspecified atom stereocenters. The zero-order chi connectivity index (χ0) is 11.9. The number of carbonyl (C=O) groups excluding carboxylic acids is 1. The van der Waals surface area contributed by atoms with E-state index in [1.54, 1.807) is 0 Å². The molecule has 88 valence electrons. The topological polar surface area (TPSA) is 83.5 Å². The Labute approximate surface area is 83.0 Å². The quantitative estimate of drug-likeness (QED) is 0.482. The third kappa shape index (κ3) is 2.59. The number of hydrogen-bond donors (Lipinski definition) is 0. The van der Waals surface area contributed by atoms with Crippen LogP contribution in [-0.2, 0) is 19.6 Å². The average molecular weight is 247 g/mol. The minimum Gasteiger partial charge on any atom is -0.748 e. The van der Waals surface area contributed by atoms with Gasteiger partial charge in [0.1, 0.15) is 0 Å². The molecule has 1 fully saturated rings. The predicted molar refractivity (Wildman–Crippen MR) is 38.6 cm³/mol. The van der Waals surface area contributed by atoms with E-state index in [0.717, 1.165) is 0 Å². The molecule has 0 radical (unpaired) electrons. The van der Waals surface area contributed by atoms with Crippen LogP contribution < -0.4 is 0 Å². The Balaban J connectivity index is 3.09. The molecule has 0 saturated carbocycles. The summed E-state index contributed by atoms with van der Waals surface area (Å²) in [5.41, 5.74) is 0. The fraction of sp³-hybridized carbons (Fsp3) is 0.833. The number of esters is 1. The van der Waals surface area contributed by atoms with Gasteiger partial charge in [0.05, 0.1) is 22.0 Å². The second kappa shape index (κ2) is 3.63. The lowest BCUT2D eigenvalue weighted by molar-refractivity contribution is -0.204. The van der Waals surface area contributed by atoms with Gasteiger partial charge in [-0.1, -0.05) is 0 Å². The van der Waals surface area contributed by atoms with Crippen LogP contribution in [0.4, 0.5) is 13.2 Å². The Kier molecular flexibility index (Phi) is 2.97. The molecule has 1 aliphatic rings. The Morgan fingerprint density at radius 3 is 2.27 bits per heavy atom. The third-order valence-corrected chi connectivity index (χ3v) is 3.25. The zero-order valence-corrected chi connectivity index (χ0v) is 7.97. The van der Waals surface area contributed by atoms with Gasteiger partial charge in [0.15, 0.2) is 5.92 Å². The fourth-order valence-corrected chi connectivity index (χ4v) is 2.32. The van der Waals surface area contributed by atoms with Crippen LogP contribution in [-0.4, -0.2) is 37.0 Å². The van der Waals surface area contributed by atoms with E-state index >= 15 is 0 Å². The largest absolute Gasteiger partial charge is 0.748 e. The number of carbonyl (C=O) groups is 1. The van der Waals surface area contributed by atoms with Crippen LogP contribution in [0.1, 0.15) is 6.42 Å². The van der Waals surface area contributed by atoms with Gasteiger partial charge in [-0.05, 0) is 6.42 Å². The summed E-state index contributed by atoms with van der Waals surface area (Å²) in [5, 5.41) is -2.28. The average Bonchev–Trinajstić information content (AvgIpc) is 1.99. The van der Waals surface area contributed by atoms with Gasteiger partial charge < -0.3 is 9.29 Å². The number of rotatable bonds is 1. The van der Waals surface area contributed by atoms with E-state index in [9.17, 15) is 30.9 Å². The molecule has 0 aromatic heterocycles. The second-order valence-electron chi connectivity index (χ2n) is 3.01. The van der Waals surface area contributed by atoms with Gasteiger partial charge >= 0.3 is 12.1 Å². The summed E-state index contributed by atoms with van der Waals surface area (Å²) in [7, 11) is -5.16. The maximum Gasteiger partial charge on any atom is 0.403 e. The van der Waals surface area contributed by atoms with E-state index in [1.807, 2.05) is 0 Å². The van der Waals surface area contributed by atoms with Gasteiger partial charge in [-0.15, -0.1) is 0 Å². The molecule has 0 bridgehead atoms. The number of hydrogen-bond acceptors (Lipinski definition) is 5. The molecule has 15 heavy (non-hydrogen) atoms. The molecule has 1 saturated heterocycles. The van der Waals surface area contributed by atoms with Crippen molar-refractivity contribution >= 4 is 16.1 Å². The molecule has 0 amide bonds. The molecule has 1 rings (SSSR count). The summed E-state index contributed by atoms with van der Waals surface area (Å²) in [4.78, 5) is 10.8. The number of ether oxygens (including phenoxy) is 1. The van der Waals surface area contributed by atoms with Gasteiger partial charge in [-0.25, -0.2) is 8.42 Å². The highest BCUT2D eigenvalue weighted by Gasteiger charge is 2.54. The first-order chi connectivity index (χ1) is 6.64. The van der Waals surface area contributed by atoms with Crippen LogP contribution in [0.25, 0.3) is 0 Å². The van der Waals surface area contributed by atoms with Crippen LogP contribution in [0.3, 0.4) is 0 Å². The first kappa shape index (κ1) is 12.2. The Hall–Kier alpha value is -0.830. The third-order valence-electron chi connectivity index (χ3n) is 2.00. The minimum absolute atomic E-state index is 0.489. The van der Waals surface area contributed by atoms with Crippen LogP contribution in [0.5, 0.6) is 0 Å². The van der Waals surface area contributed by atoms with Crippen molar-refractivity contribution in [2.75, 3.05) is 6.61 Å². The van der Waals surface area contributed by atoms with Crippen molar-refractivity contribution in [2.24, 2.45) is 5.92 Å². The van der Waals surface area contributed by atoms with E-state index < -0.39 is 46.5 Å². The van der Waals surface area contributed by atoms with Gasteiger partial charge in [-0.2, -0.15) is 13.2 Å². The molecule has 0 spiro atoms. The standard InChI is InChI=1S/C6H7F3O5S/c7-6(8,9)4-3(15(11,12)13)1-2-14-5(4)10/h3-4H,1-2H2,(H,11,12,13)/p-1. The van der Waals surface area contributed by atoms with E-state index in [2.05, 4.69) is 4.74 Å². The van der Waals surface area contributed by atoms with E-state index in [-0.39, 0.29) is 0 Å². The highest BCUT2D eigenvalue weighted by atomic mass is 32.2. The van der Waals surface area contributed by atoms with E-state index in [4.69, 9.17) is 0 Å². The van der Waals surface area contributed by atoms with Crippen LogP contribution in [0.15, 0.2) is 0 Å². The monoisotopic (exact) mass is 247 g/mol. The van der Waals surface area contributed by atoms with Crippen molar-refractivity contribution in [3.8, 4) is 0 Å². The van der Waals surface area contributed by atoms with Gasteiger partial charge in [0.2, 0.25) is 0 Å². The summed E-state index contributed by atoms with van der Waals surface area (Å²) < 4.78 is 72.5. The molecule has 5 nitrogen and oxygen atoms in total. The van der Waals surface area contributed by atoms with E-state index in [0.29, 0.717) is 0 Å². The first-order valence-electron chi connectivity index (χ1n) is 3.82. The molecule has 1 heterocycles. The minimum atomic E-state index is -5.16. The van der Waals surface area contributed by atoms with Crippen molar-refractivity contribution in [3.63, 3.8) is 0 Å². The van der Waals surface area contributed by atoms with Crippen LogP contribution in [0, 0.1) is 5.92 Å². The zero-order valence-electron chi connectivity index (χ0n) is 7.15. The van der Waals surface area contributed by atoms with Crippen molar-refractivity contribution in [3.05, 3.63) is 0 Å². The Morgan fingerprint density at radius 1 is 1.40 bits per heavy atom. The van der Waals surface area contributed by atoms with Crippen molar-refractivity contribution in [1.82, 2.24) is 0 Å². The number of halogens is 3. The fourth-order valence-electron chi connectivity index (χ4n) is 1.34. The lowest BCUT2D eigenvalue weighted by Gasteiger charge is -2.32. The smallest absolute Gasteiger partial charge is 0.403 e. The lowest BCUT2D eigenvalue weighted by atomic mass is 10.0. The van der Waals surface area contributed by atoms with Crippen LogP contribution in [0.2, 0.25) is 0 Å². The molecule has 0 aromatic carbocycles. The summed E-state index contributed by atoms with van der Waals surface area (Å²) in [5.74, 6) is -4.58. The second-order valence-corrected chi connectivity index (χ2v) is 4.60. The number of alkyl halides is 3. The lowest BCUT2D eigenvalue weighted by Crippen LogP contribution is -2.48. The predicted octanol–water partition coefficient (Wildman–Crippen LogP) is 0.0256. The van der Waals surface area contributed by atoms with Crippen molar-refractivity contribution in [1.29, 1.82) is 0 Å². The maximum atomic E-state index is 12.3. The first-order valence-corrected chi connectivity index (χ1v) is 5.29.